The summed E-state index contributed by atoms with van der Waals surface area (Å²) in [5.41, 5.74) is 1.87. The highest BCUT2D eigenvalue weighted by Crippen LogP contribution is 2.34. The monoisotopic (exact) mass is 329 g/mol. The highest BCUT2D eigenvalue weighted by atomic mass is 32.2. The maximum atomic E-state index is 13.2. The summed E-state index contributed by atoms with van der Waals surface area (Å²) in [5.74, 6) is 0. The molecular weight excluding hydrogens is 310 g/mol. The SMILES string of the molecule is O=S(=O)(c1cccnc1)N1CC2CCCN2Cc2ccccc21. The number of anilines is 1. The van der Waals surface area contributed by atoms with Gasteiger partial charge in [-0.3, -0.25) is 14.2 Å². The first kappa shape index (κ1) is 14.7. The van der Waals surface area contributed by atoms with E-state index in [1.807, 2.05) is 24.3 Å². The lowest BCUT2D eigenvalue weighted by Gasteiger charge is -2.27. The topological polar surface area (TPSA) is 53.5 Å². The molecule has 0 bridgehead atoms. The molecule has 23 heavy (non-hydrogen) atoms. The molecule has 5 nitrogen and oxygen atoms in total. The molecule has 2 aromatic rings. The van der Waals surface area contributed by atoms with Gasteiger partial charge >= 0.3 is 0 Å². The number of benzene rings is 1. The maximum Gasteiger partial charge on any atom is 0.265 e. The number of hydrogen-bond donors (Lipinski definition) is 0. The molecular formula is C17H19N3O2S. The third-order valence-electron chi connectivity index (χ3n) is 4.73. The average molecular weight is 329 g/mol. The van der Waals surface area contributed by atoms with Crippen LogP contribution in [0.5, 0.6) is 0 Å². The van der Waals surface area contributed by atoms with Gasteiger partial charge < -0.3 is 0 Å². The number of pyridine rings is 1. The number of sulfonamides is 1. The van der Waals surface area contributed by atoms with Crippen molar-refractivity contribution in [1.82, 2.24) is 9.88 Å². The molecule has 6 heteroatoms. The second-order valence-electron chi connectivity index (χ2n) is 6.12. The minimum Gasteiger partial charge on any atom is -0.294 e. The fourth-order valence-electron chi connectivity index (χ4n) is 3.56. The van der Waals surface area contributed by atoms with Crippen molar-refractivity contribution >= 4 is 15.7 Å². The summed E-state index contributed by atoms with van der Waals surface area (Å²) in [6.07, 6.45) is 5.20. The lowest BCUT2D eigenvalue weighted by atomic mass is 10.2. The Morgan fingerprint density at radius 3 is 2.83 bits per heavy atom. The first-order chi connectivity index (χ1) is 11.2. The molecule has 1 fully saturated rings. The number of rotatable bonds is 2. The molecule has 1 unspecified atom stereocenters. The summed E-state index contributed by atoms with van der Waals surface area (Å²) in [5, 5.41) is 0. The lowest BCUT2D eigenvalue weighted by Crippen LogP contribution is -2.40. The summed E-state index contributed by atoms with van der Waals surface area (Å²) >= 11 is 0. The Morgan fingerprint density at radius 1 is 1.13 bits per heavy atom. The molecule has 3 heterocycles. The molecule has 4 rings (SSSR count). The van der Waals surface area contributed by atoms with Crippen molar-refractivity contribution in [2.75, 3.05) is 17.4 Å². The van der Waals surface area contributed by atoms with E-state index >= 15 is 0 Å². The Morgan fingerprint density at radius 2 is 2.00 bits per heavy atom. The van der Waals surface area contributed by atoms with Crippen LogP contribution in [0.1, 0.15) is 18.4 Å². The maximum absolute atomic E-state index is 13.2. The zero-order valence-corrected chi connectivity index (χ0v) is 13.6. The van der Waals surface area contributed by atoms with Gasteiger partial charge in [-0.15, -0.1) is 0 Å². The fraction of sp³-hybridized carbons (Fsp3) is 0.353. The first-order valence-electron chi connectivity index (χ1n) is 7.91. The molecule has 0 saturated carbocycles. The van der Waals surface area contributed by atoms with Crippen LogP contribution < -0.4 is 4.31 Å². The fourth-order valence-corrected chi connectivity index (χ4v) is 5.07. The molecule has 2 aliphatic heterocycles. The Labute approximate surface area is 136 Å². The zero-order valence-electron chi connectivity index (χ0n) is 12.8. The summed E-state index contributed by atoms with van der Waals surface area (Å²) in [6.45, 7) is 2.37. The molecule has 0 amide bonds. The van der Waals surface area contributed by atoms with Crippen LogP contribution >= 0.6 is 0 Å². The van der Waals surface area contributed by atoms with E-state index in [9.17, 15) is 8.42 Å². The van der Waals surface area contributed by atoms with E-state index in [2.05, 4.69) is 9.88 Å². The second kappa shape index (κ2) is 5.62. The van der Waals surface area contributed by atoms with Crippen molar-refractivity contribution in [3.63, 3.8) is 0 Å². The Kier molecular flexibility index (Phi) is 3.58. The average Bonchev–Trinajstić information content (AvgIpc) is 2.94. The Hall–Kier alpha value is -1.92. The Balaban J connectivity index is 1.83. The number of para-hydroxylation sites is 1. The number of fused-ring (bicyclic) bond motifs is 2. The smallest absolute Gasteiger partial charge is 0.265 e. The normalized spacial score (nSPS) is 21.6. The standard InChI is InChI=1S/C17H19N3O2S/c21-23(22,16-7-3-9-18-11-16)20-13-15-6-4-10-19(15)12-14-5-1-2-8-17(14)20/h1-3,5,7-9,11,15H,4,6,10,12-13H2. The molecule has 1 aromatic carbocycles. The molecule has 0 N–H and O–H groups in total. The molecule has 1 atom stereocenters. The van der Waals surface area contributed by atoms with E-state index in [1.54, 1.807) is 22.6 Å². The van der Waals surface area contributed by atoms with Crippen LogP contribution in [0, 0.1) is 0 Å². The molecule has 2 aliphatic rings. The third kappa shape index (κ3) is 2.52. The van der Waals surface area contributed by atoms with Crippen molar-refractivity contribution in [3.8, 4) is 0 Å². The molecule has 120 valence electrons. The van der Waals surface area contributed by atoms with Crippen molar-refractivity contribution in [2.24, 2.45) is 0 Å². The lowest BCUT2D eigenvalue weighted by molar-refractivity contribution is 0.257. The molecule has 1 saturated heterocycles. The van der Waals surface area contributed by atoms with Crippen LogP contribution in [0.15, 0.2) is 53.7 Å². The minimum absolute atomic E-state index is 0.251. The van der Waals surface area contributed by atoms with Crippen molar-refractivity contribution in [1.29, 1.82) is 0 Å². The van der Waals surface area contributed by atoms with Gasteiger partial charge in [-0.1, -0.05) is 18.2 Å². The predicted octanol–water partition coefficient (Wildman–Crippen LogP) is 2.25. The molecule has 0 spiro atoms. The summed E-state index contributed by atoms with van der Waals surface area (Å²) in [7, 11) is -3.59. The van der Waals surface area contributed by atoms with Crippen LogP contribution in [0.2, 0.25) is 0 Å². The zero-order chi connectivity index (χ0) is 15.9. The van der Waals surface area contributed by atoms with E-state index in [1.165, 1.54) is 6.20 Å². The van der Waals surface area contributed by atoms with Crippen molar-refractivity contribution < 1.29 is 8.42 Å². The van der Waals surface area contributed by atoms with Gasteiger partial charge in [0, 0.05) is 31.5 Å². The third-order valence-corrected chi connectivity index (χ3v) is 6.50. The van der Waals surface area contributed by atoms with E-state index in [0.29, 0.717) is 6.54 Å². The number of hydrogen-bond acceptors (Lipinski definition) is 4. The van der Waals surface area contributed by atoms with Gasteiger partial charge in [0.2, 0.25) is 0 Å². The Bertz CT molecular complexity index is 808. The summed E-state index contributed by atoms with van der Waals surface area (Å²) in [6, 6.07) is 11.4. The van der Waals surface area contributed by atoms with Gasteiger partial charge in [-0.25, -0.2) is 8.42 Å². The van der Waals surface area contributed by atoms with Crippen molar-refractivity contribution in [2.45, 2.75) is 30.3 Å². The van der Waals surface area contributed by atoms with Gasteiger partial charge in [0.15, 0.2) is 0 Å². The van der Waals surface area contributed by atoms with E-state index in [-0.39, 0.29) is 10.9 Å². The summed E-state index contributed by atoms with van der Waals surface area (Å²) < 4.78 is 27.9. The van der Waals surface area contributed by atoms with Crippen LogP contribution in [0.3, 0.4) is 0 Å². The molecule has 1 aromatic heterocycles. The quantitative estimate of drug-likeness (QED) is 0.848. The second-order valence-corrected chi connectivity index (χ2v) is 7.98. The van der Waals surface area contributed by atoms with Crippen molar-refractivity contribution in [3.05, 3.63) is 54.4 Å². The van der Waals surface area contributed by atoms with Crippen LogP contribution in [-0.2, 0) is 16.6 Å². The number of aromatic nitrogens is 1. The van der Waals surface area contributed by atoms with E-state index in [0.717, 1.165) is 37.2 Å². The van der Waals surface area contributed by atoms with Gasteiger partial charge in [0.25, 0.3) is 10.0 Å². The summed E-state index contributed by atoms with van der Waals surface area (Å²) in [4.78, 5) is 6.63. The van der Waals surface area contributed by atoms with Gasteiger partial charge in [-0.2, -0.15) is 0 Å². The van der Waals surface area contributed by atoms with E-state index in [4.69, 9.17) is 0 Å². The van der Waals surface area contributed by atoms with Crippen LogP contribution in [-0.4, -0.2) is 37.4 Å². The largest absolute Gasteiger partial charge is 0.294 e. The highest BCUT2D eigenvalue weighted by molar-refractivity contribution is 7.92. The predicted molar refractivity (Wildman–Crippen MR) is 88.6 cm³/mol. The van der Waals surface area contributed by atoms with Gasteiger partial charge in [0.1, 0.15) is 4.90 Å². The molecule has 0 radical (unpaired) electrons. The minimum atomic E-state index is -3.59. The van der Waals surface area contributed by atoms with Crippen LogP contribution in [0.4, 0.5) is 5.69 Å². The number of nitrogens with zero attached hydrogens (tertiary/aromatic N) is 3. The van der Waals surface area contributed by atoms with Gasteiger partial charge in [0.05, 0.1) is 5.69 Å². The van der Waals surface area contributed by atoms with Crippen LogP contribution in [0.25, 0.3) is 0 Å². The first-order valence-corrected chi connectivity index (χ1v) is 9.35. The molecule has 0 aliphatic carbocycles. The highest BCUT2D eigenvalue weighted by Gasteiger charge is 2.36. The van der Waals surface area contributed by atoms with Gasteiger partial charge in [-0.05, 0) is 43.1 Å². The van der Waals surface area contributed by atoms with E-state index < -0.39 is 10.0 Å².